The van der Waals surface area contributed by atoms with Gasteiger partial charge in [0.2, 0.25) is 5.91 Å². The Balaban J connectivity index is 1.47. The highest BCUT2D eigenvalue weighted by Gasteiger charge is 2.33. The van der Waals surface area contributed by atoms with Crippen molar-refractivity contribution in [3.63, 3.8) is 0 Å². The highest BCUT2D eigenvalue weighted by molar-refractivity contribution is 5.81. The first-order valence-electron chi connectivity index (χ1n) is 10.2. The lowest BCUT2D eigenvalue weighted by Gasteiger charge is -2.35. The summed E-state index contributed by atoms with van der Waals surface area (Å²) in [6.45, 7) is 4.03. The van der Waals surface area contributed by atoms with Gasteiger partial charge in [0.25, 0.3) is 5.69 Å². The van der Waals surface area contributed by atoms with Gasteiger partial charge in [-0.25, -0.2) is 0 Å². The topological polar surface area (TPSA) is 78.7 Å². The van der Waals surface area contributed by atoms with E-state index in [1.165, 1.54) is 12.8 Å². The van der Waals surface area contributed by atoms with Gasteiger partial charge in [-0.15, -0.1) is 0 Å². The normalized spacial score (nSPS) is 20.7. The van der Waals surface area contributed by atoms with Gasteiger partial charge in [0.1, 0.15) is 5.69 Å². The third kappa shape index (κ3) is 3.59. The number of carbonyl (C=O) groups is 1. The molecule has 1 aromatic carbocycles. The molecule has 0 aliphatic carbocycles. The van der Waals surface area contributed by atoms with Crippen LogP contribution in [0.1, 0.15) is 44.1 Å². The first kappa shape index (κ1) is 18.1. The van der Waals surface area contributed by atoms with Crippen molar-refractivity contribution < 1.29 is 9.72 Å². The number of hydrogen-bond acceptors (Lipinski definition) is 5. The number of benzene rings is 1. The maximum atomic E-state index is 12.9. The highest BCUT2D eigenvalue weighted by Crippen LogP contribution is 2.41. The van der Waals surface area contributed by atoms with Crippen molar-refractivity contribution in [2.24, 2.45) is 5.92 Å². The Labute approximate surface area is 159 Å². The second-order valence-corrected chi connectivity index (χ2v) is 7.89. The quantitative estimate of drug-likeness (QED) is 0.651. The lowest BCUT2D eigenvalue weighted by atomic mass is 9.93. The monoisotopic (exact) mass is 372 g/mol. The second-order valence-electron chi connectivity index (χ2n) is 7.89. The molecule has 1 amide bonds. The van der Waals surface area contributed by atoms with Gasteiger partial charge < -0.3 is 15.1 Å². The first-order chi connectivity index (χ1) is 13.1. The number of nitrogens with one attached hydrogen (secondary N) is 1. The van der Waals surface area contributed by atoms with Gasteiger partial charge in [0.15, 0.2) is 0 Å². The molecule has 2 fully saturated rings. The van der Waals surface area contributed by atoms with E-state index in [1.807, 2.05) is 6.07 Å². The minimum atomic E-state index is -0.275. The standard InChI is InChI=1S/C20H28N4O3/c25-20(23-11-3-1-2-4-12-23)15-8-13-22(14-9-15)19-16-7-10-21-17(16)5-6-18(19)24(26)27/h5-6,15,21H,1-4,7-14H2. The molecule has 0 bridgehead atoms. The van der Waals surface area contributed by atoms with Crippen molar-refractivity contribution in [1.82, 2.24) is 4.90 Å². The molecule has 1 N–H and O–H groups in total. The molecular weight excluding hydrogens is 344 g/mol. The minimum absolute atomic E-state index is 0.0632. The Hall–Kier alpha value is -2.31. The Morgan fingerprint density at radius 1 is 1.07 bits per heavy atom. The summed E-state index contributed by atoms with van der Waals surface area (Å²) in [5.74, 6) is 0.360. The molecule has 7 heteroatoms. The predicted molar refractivity (Wildman–Crippen MR) is 105 cm³/mol. The number of rotatable bonds is 3. The van der Waals surface area contributed by atoms with Crippen molar-refractivity contribution in [1.29, 1.82) is 0 Å². The second kappa shape index (κ2) is 7.74. The summed E-state index contributed by atoms with van der Waals surface area (Å²) in [6.07, 6.45) is 7.05. The Morgan fingerprint density at radius 3 is 2.44 bits per heavy atom. The molecule has 146 valence electrons. The van der Waals surface area contributed by atoms with Gasteiger partial charge >= 0.3 is 0 Å². The van der Waals surface area contributed by atoms with E-state index in [4.69, 9.17) is 0 Å². The summed E-state index contributed by atoms with van der Waals surface area (Å²) in [5.41, 5.74) is 3.03. The number of nitro benzene ring substituents is 1. The number of hydrogen-bond donors (Lipinski definition) is 1. The number of carbonyl (C=O) groups excluding carboxylic acids is 1. The number of nitro groups is 1. The lowest BCUT2D eigenvalue weighted by molar-refractivity contribution is -0.384. The van der Waals surface area contributed by atoms with Gasteiger partial charge in [-0.3, -0.25) is 14.9 Å². The van der Waals surface area contributed by atoms with E-state index in [9.17, 15) is 14.9 Å². The van der Waals surface area contributed by atoms with Crippen molar-refractivity contribution in [2.45, 2.75) is 44.9 Å². The third-order valence-corrected chi connectivity index (χ3v) is 6.23. The van der Waals surface area contributed by atoms with Crippen LogP contribution in [0.5, 0.6) is 0 Å². The van der Waals surface area contributed by atoms with Crippen LogP contribution in [0.2, 0.25) is 0 Å². The number of piperidine rings is 1. The van der Waals surface area contributed by atoms with E-state index in [1.54, 1.807) is 6.07 Å². The first-order valence-corrected chi connectivity index (χ1v) is 10.2. The van der Waals surface area contributed by atoms with E-state index in [0.717, 1.165) is 68.7 Å². The molecule has 0 aromatic heterocycles. The predicted octanol–water partition coefficient (Wildman–Crippen LogP) is 3.18. The average Bonchev–Trinajstić information content (AvgIpc) is 3.00. The smallest absolute Gasteiger partial charge is 0.292 e. The summed E-state index contributed by atoms with van der Waals surface area (Å²) >= 11 is 0. The van der Waals surface area contributed by atoms with Gasteiger partial charge in [0, 0.05) is 56.0 Å². The van der Waals surface area contributed by atoms with Crippen LogP contribution >= 0.6 is 0 Å². The van der Waals surface area contributed by atoms with E-state index >= 15 is 0 Å². The zero-order chi connectivity index (χ0) is 18.8. The van der Waals surface area contributed by atoms with E-state index in [2.05, 4.69) is 15.1 Å². The molecule has 4 rings (SSSR count). The fourth-order valence-electron chi connectivity index (χ4n) is 4.76. The van der Waals surface area contributed by atoms with Crippen LogP contribution in [0.15, 0.2) is 12.1 Å². The fourth-order valence-corrected chi connectivity index (χ4v) is 4.76. The molecule has 0 radical (unpaired) electrons. The number of anilines is 2. The van der Waals surface area contributed by atoms with Crippen LogP contribution in [0, 0.1) is 16.0 Å². The van der Waals surface area contributed by atoms with Crippen LogP contribution in [-0.4, -0.2) is 48.5 Å². The molecule has 3 aliphatic heterocycles. The van der Waals surface area contributed by atoms with Crippen LogP contribution in [0.25, 0.3) is 0 Å². The van der Waals surface area contributed by atoms with Crippen molar-refractivity contribution in [2.75, 3.05) is 42.9 Å². The average molecular weight is 372 g/mol. The van der Waals surface area contributed by atoms with Crippen LogP contribution in [0.4, 0.5) is 17.1 Å². The molecule has 7 nitrogen and oxygen atoms in total. The number of fused-ring (bicyclic) bond motifs is 1. The van der Waals surface area contributed by atoms with Crippen molar-refractivity contribution in [3.8, 4) is 0 Å². The van der Waals surface area contributed by atoms with Crippen molar-refractivity contribution >= 4 is 23.0 Å². The molecule has 2 saturated heterocycles. The number of amides is 1. The van der Waals surface area contributed by atoms with E-state index in [-0.39, 0.29) is 16.5 Å². The van der Waals surface area contributed by atoms with Crippen LogP contribution < -0.4 is 10.2 Å². The lowest BCUT2D eigenvalue weighted by Crippen LogP contribution is -2.43. The Kier molecular flexibility index (Phi) is 5.18. The fraction of sp³-hybridized carbons (Fsp3) is 0.650. The summed E-state index contributed by atoms with van der Waals surface area (Å²) in [4.78, 5) is 28.4. The Bertz CT molecular complexity index is 720. The third-order valence-electron chi connectivity index (χ3n) is 6.23. The Morgan fingerprint density at radius 2 is 1.78 bits per heavy atom. The zero-order valence-electron chi connectivity index (χ0n) is 15.8. The maximum absolute atomic E-state index is 12.9. The maximum Gasteiger partial charge on any atom is 0.292 e. The summed E-state index contributed by atoms with van der Waals surface area (Å²) in [7, 11) is 0. The van der Waals surface area contributed by atoms with E-state index in [0.29, 0.717) is 19.0 Å². The SMILES string of the molecule is O=C(C1CCN(c2c([N+](=O)[O-])ccc3c2CCN3)CC1)N1CCCCCC1. The molecule has 0 atom stereocenters. The molecule has 0 saturated carbocycles. The molecular formula is C20H28N4O3. The van der Waals surface area contributed by atoms with Crippen LogP contribution in [-0.2, 0) is 11.2 Å². The molecule has 1 aromatic rings. The molecule has 0 unspecified atom stereocenters. The highest BCUT2D eigenvalue weighted by atomic mass is 16.6. The largest absolute Gasteiger partial charge is 0.384 e. The van der Waals surface area contributed by atoms with Gasteiger partial charge in [-0.1, -0.05) is 12.8 Å². The minimum Gasteiger partial charge on any atom is -0.384 e. The molecule has 3 aliphatic rings. The van der Waals surface area contributed by atoms with Gasteiger partial charge in [-0.2, -0.15) is 0 Å². The van der Waals surface area contributed by atoms with Crippen molar-refractivity contribution in [3.05, 3.63) is 27.8 Å². The molecule has 0 spiro atoms. The van der Waals surface area contributed by atoms with Crippen LogP contribution in [0.3, 0.4) is 0 Å². The molecule has 3 heterocycles. The van der Waals surface area contributed by atoms with E-state index < -0.39 is 0 Å². The zero-order valence-corrected chi connectivity index (χ0v) is 15.8. The number of likely N-dealkylation sites (tertiary alicyclic amines) is 1. The summed E-state index contributed by atoms with van der Waals surface area (Å²) < 4.78 is 0. The van der Waals surface area contributed by atoms with Gasteiger partial charge in [0.05, 0.1) is 4.92 Å². The summed E-state index contributed by atoms with van der Waals surface area (Å²) in [5, 5.41) is 14.9. The summed E-state index contributed by atoms with van der Waals surface area (Å²) in [6, 6.07) is 3.43. The molecule has 27 heavy (non-hydrogen) atoms. The van der Waals surface area contributed by atoms with Gasteiger partial charge in [-0.05, 0) is 38.2 Å². The number of nitrogens with zero attached hydrogens (tertiary/aromatic N) is 3.